The van der Waals surface area contributed by atoms with E-state index in [1.54, 1.807) is 39.0 Å². The molecule has 2 amide bonds. The highest BCUT2D eigenvalue weighted by Crippen LogP contribution is 2.22. The summed E-state index contributed by atoms with van der Waals surface area (Å²) in [7, 11) is 0. The van der Waals surface area contributed by atoms with Crippen LogP contribution in [0.4, 0.5) is 8.78 Å². The lowest BCUT2D eigenvalue weighted by molar-refractivity contribution is -0.165. The Morgan fingerprint density at radius 3 is 2.48 bits per heavy atom. The second-order valence-corrected chi connectivity index (χ2v) is 10.7. The second-order valence-electron chi connectivity index (χ2n) is 10.7. The number of hydrazine groups is 1. The number of carbonyl (C=O) groups is 4. The van der Waals surface area contributed by atoms with Crippen molar-refractivity contribution < 1.29 is 37.8 Å². The fourth-order valence-electron chi connectivity index (χ4n) is 4.40. The first-order valence-electron chi connectivity index (χ1n) is 13.7. The molecule has 3 rings (SSSR count). The number of nitrogens with zero attached hydrogens (tertiary/aromatic N) is 2. The number of halogens is 2. The number of carboxylic acids is 1. The molecule has 1 saturated heterocycles. The maximum absolute atomic E-state index is 13.9. The molecule has 13 heteroatoms. The molecule has 1 aromatic heterocycles. The number of alkyl halides is 2. The van der Waals surface area contributed by atoms with Crippen LogP contribution < -0.4 is 16.5 Å². The number of fused-ring (bicyclic) bond motifs is 1. The first kappa shape index (κ1) is 32.5. The molecule has 228 valence electrons. The summed E-state index contributed by atoms with van der Waals surface area (Å²) in [6, 6.07) is 6.48. The SMILES string of the molecule is CC(NC(=O)C(OC(=O)C(/C=C/c1ccc2ccc([C@@H](C)N)nc2c1)C(F)F)C(C)C)C(=O)N1CCCC(C(=O)O)N1. The predicted molar refractivity (Wildman–Crippen MR) is 151 cm³/mol. The average molecular weight is 590 g/mol. The van der Waals surface area contributed by atoms with Gasteiger partial charge in [0.25, 0.3) is 18.2 Å². The molecule has 0 bridgehead atoms. The fourth-order valence-corrected chi connectivity index (χ4v) is 4.40. The van der Waals surface area contributed by atoms with Crippen LogP contribution in [0.2, 0.25) is 0 Å². The number of nitrogens with two attached hydrogens (primary N) is 1. The number of carbonyl (C=O) groups excluding carboxylic acids is 3. The molecule has 1 fully saturated rings. The van der Waals surface area contributed by atoms with Gasteiger partial charge in [0.2, 0.25) is 0 Å². The number of esters is 1. The maximum Gasteiger partial charge on any atom is 0.322 e. The highest BCUT2D eigenvalue weighted by Gasteiger charge is 2.36. The molecule has 11 nitrogen and oxygen atoms in total. The number of ether oxygens (including phenoxy) is 1. The van der Waals surface area contributed by atoms with Crippen molar-refractivity contribution in [2.24, 2.45) is 17.6 Å². The summed E-state index contributed by atoms with van der Waals surface area (Å²) < 4.78 is 33.1. The van der Waals surface area contributed by atoms with Gasteiger partial charge >= 0.3 is 11.9 Å². The molecule has 0 spiro atoms. The number of pyridine rings is 1. The zero-order chi connectivity index (χ0) is 31.1. The van der Waals surface area contributed by atoms with E-state index in [1.165, 1.54) is 13.0 Å². The summed E-state index contributed by atoms with van der Waals surface area (Å²) >= 11 is 0. The van der Waals surface area contributed by atoms with E-state index in [1.807, 2.05) is 12.1 Å². The van der Waals surface area contributed by atoms with Gasteiger partial charge in [0.05, 0.1) is 11.2 Å². The average Bonchev–Trinajstić information content (AvgIpc) is 2.94. The van der Waals surface area contributed by atoms with Crippen molar-refractivity contribution in [3.05, 3.63) is 47.7 Å². The summed E-state index contributed by atoms with van der Waals surface area (Å²) in [5.41, 5.74) is 10.3. The molecule has 5 atom stereocenters. The van der Waals surface area contributed by atoms with E-state index in [2.05, 4.69) is 15.7 Å². The molecule has 2 heterocycles. The Balaban J connectivity index is 1.69. The Bertz CT molecular complexity index is 1330. The van der Waals surface area contributed by atoms with Crippen LogP contribution in [-0.2, 0) is 23.9 Å². The van der Waals surface area contributed by atoms with E-state index in [9.17, 15) is 33.1 Å². The smallest absolute Gasteiger partial charge is 0.322 e. The Kier molecular flexibility index (Phi) is 11.1. The molecule has 0 aliphatic carbocycles. The quantitative estimate of drug-likeness (QED) is 0.289. The van der Waals surface area contributed by atoms with Crippen LogP contribution in [0.1, 0.15) is 57.8 Å². The van der Waals surface area contributed by atoms with Crippen LogP contribution >= 0.6 is 0 Å². The lowest BCUT2D eigenvalue weighted by atomic mass is 10.0. The Morgan fingerprint density at radius 1 is 1.17 bits per heavy atom. The van der Waals surface area contributed by atoms with E-state index in [0.717, 1.165) is 16.5 Å². The van der Waals surface area contributed by atoms with Crippen molar-refractivity contribution in [1.29, 1.82) is 0 Å². The van der Waals surface area contributed by atoms with Gasteiger partial charge in [-0.3, -0.25) is 29.2 Å². The zero-order valence-corrected chi connectivity index (χ0v) is 23.9. The standard InChI is InChI=1S/C29H37F2N5O6/c1-15(2)24(26(37)33-17(4)27(38)36-13-5-6-22(35-36)28(39)40)42-29(41)20(25(30)31)11-8-18-7-9-19-10-12-21(16(3)32)34-23(19)14-18/h7-12,14-17,20,22,24-25,35H,5-6,13,32H2,1-4H3,(H,33,37)(H,39,40)/b11-8+/t16-,17?,20?,22?,24?/m1/s1. The van der Waals surface area contributed by atoms with Crippen molar-refractivity contribution in [2.45, 2.75) is 71.2 Å². The number of carboxylic acid groups (broad SMARTS) is 1. The van der Waals surface area contributed by atoms with Crippen molar-refractivity contribution >= 4 is 40.7 Å². The van der Waals surface area contributed by atoms with E-state index in [4.69, 9.17) is 10.5 Å². The summed E-state index contributed by atoms with van der Waals surface area (Å²) in [5.74, 6) is -6.39. The van der Waals surface area contributed by atoms with E-state index < -0.39 is 60.2 Å². The third-order valence-electron chi connectivity index (χ3n) is 6.83. The normalized spacial score (nSPS) is 18.6. The molecular weight excluding hydrogens is 552 g/mol. The minimum Gasteiger partial charge on any atom is -0.480 e. The fraction of sp³-hybridized carbons (Fsp3) is 0.483. The van der Waals surface area contributed by atoms with Gasteiger partial charge in [0.15, 0.2) is 6.10 Å². The molecule has 1 aliphatic heterocycles. The van der Waals surface area contributed by atoms with Crippen molar-refractivity contribution in [3.63, 3.8) is 0 Å². The van der Waals surface area contributed by atoms with Crippen LogP contribution in [0.5, 0.6) is 0 Å². The van der Waals surface area contributed by atoms with Crippen LogP contribution in [0.25, 0.3) is 17.0 Å². The number of hydrogen-bond donors (Lipinski definition) is 4. The lowest BCUT2D eigenvalue weighted by Crippen LogP contribution is -2.60. The van der Waals surface area contributed by atoms with Gasteiger partial charge in [-0.25, -0.2) is 14.2 Å². The highest BCUT2D eigenvalue weighted by molar-refractivity contribution is 5.91. The van der Waals surface area contributed by atoms with Crippen molar-refractivity contribution in [2.75, 3.05) is 6.54 Å². The molecule has 42 heavy (non-hydrogen) atoms. The van der Waals surface area contributed by atoms with Gasteiger partial charge in [0, 0.05) is 18.0 Å². The second kappa shape index (κ2) is 14.3. The summed E-state index contributed by atoms with van der Waals surface area (Å²) in [6.45, 7) is 6.57. The van der Waals surface area contributed by atoms with Crippen LogP contribution in [0.15, 0.2) is 36.4 Å². The molecule has 1 aliphatic rings. The minimum absolute atomic E-state index is 0.244. The van der Waals surface area contributed by atoms with Crippen LogP contribution in [0.3, 0.4) is 0 Å². The topological polar surface area (TPSA) is 164 Å². The van der Waals surface area contributed by atoms with E-state index in [-0.39, 0.29) is 12.6 Å². The number of aliphatic carboxylic acids is 1. The predicted octanol–water partition coefficient (Wildman–Crippen LogP) is 2.80. The van der Waals surface area contributed by atoms with Gasteiger partial charge in [-0.2, -0.15) is 0 Å². The summed E-state index contributed by atoms with van der Waals surface area (Å²) in [5, 5.41) is 13.6. The summed E-state index contributed by atoms with van der Waals surface area (Å²) in [4.78, 5) is 54.3. The molecule has 2 aromatic rings. The number of amides is 2. The Hall–Kier alpha value is -3.97. The van der Waals surface area contributed by atoms with Gasteiger partial charge in [-0.15, -0.1) is 0 Å². The van der Waals surface area contributed by atoms with Crippen molar-refractivity contribution in [3.8, 4) is 0 Å². The van der Waals surface area contributed by atoms with Crippen molar-refractivity contribution in [1.82, 2.24) is 20.7 Å². The monoisotopic (exact) mass is 589 g/mol. The largest absolute Gasteiger partial charge is 0.480 e. The molecular formula is C29H37F2N5O6. The number of nitrogens with one attached hydrogen (secondary N) is 2. The van der Waals surface area contributed by atoms with Gasteiger partial charge in [0.1, 0.15) is 18.0 Å². The molecule has 0 radical (unpaired) electrons. The van der Waals surface area contributed by atoms with E-state index in [0.29, 0.717) is 29.6 Å². The molecule has 5 N–H and O–H groups in total. The van der Waals surface area contributed by atoms with Gasteiger partial charge in [-0.05, 0) is 50.3 Å². The number of hydrogen-bond acceptors (Lipinski definition) is 8. The number of aromatic nitrogens is 1. The number of benzene rings is 1. The molecule has 1 aromatic carbocycles. The van der Waals surface area contributed by atoms with Crippen LogP contribution in [-0.4, -0.2) is 70.0 Å². The van der Waals surface area contributed by atoms with E-state index >= 15 is 0 Å². The highest BCUT2D eigenvalue weighted by atomic mass is 19.3. The molecule has 4 unspecified atom stereocenters. The first-order valence-corrected chi connectivity index (χ1v) is 13.7. The Labute approximate surface area is 242 Å². The first-order chi connectivity index (χ1) is 19.8. The van der Waals surface area contributed by atoms with Gasteiger partial charge < -0.3 is 20.9 Å². The molecule has 0 saturated carbocycles. The minimum atomic E-state index is -3.11. The van der Waals surface area contributed by atoms with Crippen LogP contribution in [0, 0.1) is 11.8 Å². The zero-order valence-electron chi connectivity index (χ0n) is 23.9. The Morgan fingerprint density at radius 2 is 1.86 bits per heavy atom. The summed E-state index contributed by atoms with van der Waals surface area (Å²) in [6.07, 6.45) is -1.39. The maximum atomic E-state index is 13.9. The third kappa shape index (κ3) is 8.29. The number of rotatable bonds is 11. The third-order valence-corrected chi connectivity index (χ3v) is 6.83. The lowest BCUT2D eigenvalue weighted by Gasteiger charge is -2.34. The van der Waals surface area contributed by atoms with Gasteiger partial charge in [-0.1, -0.05) is 44.2 Å².